The van der Waals surface area contributed by atoms with Crippen molar-refractivity contribution in [1.82, 2.24) is 0 Å². The summed E-state index contributed by atoms with van der Waals surface area (Å²) in [5.74, 6) is 2.40. The third-order valence-electron chi connectivity index (χ3n) is 2.88. The van der Waals surface area contributed by atoms with Crippen LogP contribution < -0.4 is 0 Å². The Morgan fingerprint density at radius 3 is 2.85 bits per heavy atom. The molecule has 0 aromatic carbocycles. The van der Waals surface area contributed by atoms with Gasteiger partial charge in [-0.15, -0.1) is 0 Å². The van der Waals surface area contributed by atoms with Gasteiger partial charge >= 0.3 is 0 Å². The van der Waals surface area contributed by atoms with Gasteiger partial charge in [0.05, 0.1) is 6.10 Å². The lowest BCUT2D eigenvalue weighted by atomic mass is 10.0. The van der Waals surface area contributed by atoms with Crippen molar-refractivity contribution < 1.29 is 9.52 Å². The van der Waals surface area contributed by atoms with Crippen molar-refractivity contribution in [1.29, 1.82) is 0 Å². The molecule has 1 aromatic heterocycles. The Morgan fingerprint density at radius 2 is 2.31 bits per heavy atom. The zero-order valence-electron chi connectivity index (χ0n) is 7.99. The van der Waals surface area contributed by atoms with E-state index in [1.54, 1.807) is 0 Å². The van der Waals surface area contributed by atoms with Crippen molar-refractivity contribution in [2.24, 2.45) is 5.92 Å². The summed E-state index contributed by atoms with van der Waals surface area (Å²) in [5.41, 5.74) is 0. The van der Waals surface area contributed by atoms with Gasteiger partial charge in [0.25, 0.3) is 0 Å². The predicted octanol–water partition coefficient (Wildman–Crippen LogP) is 2.29. The van der Waals surface area contributed by atoms with E-state index in [2.05, 4.69) is 0 Å². The lowest BCUT2D eigenvalue weighted by Gasteiger charge is -2.11. The molecule has 0 bridgehead atoms. The third-order valence-corrected chi connectivity index (χ3v) is 2.88. The van der Waals surface area contributed by atoms with E-state index in [1.807, 2.05) is 19.1 Å². The summed E-state index contributed by atoms with van der Waals surface area (Å²) in [7, 11) is 0. The topological polar surface area (TPSA) is 33.4 Å². The minimum absolute atomic E-state index is 0.106. The first-order valence-electron chi connectivity index (χ1n) is 4.99. The van der Waals surface area contributed by atoms with Gasteiger partial charge in [-0.2, -0.15) is 0 Å². The molecule has 1 saturated carbocycles. The molecule has 2 rings (SSSR count). The zero-order valence-corrected chi connectivity index (χ0v) is 7.99. The minimum atomic E-state index is -0.106. The van der Waals surface area contributed by atoms with Crippen molar-refractivity contribution in [3.8, 4) is 0 Å². The van der Waals surface area contributed by atoms with E-state index >= 15 is 0 Å². The molecule has 1 heterocycles. The number of aryl methyl sites for hydroxylation is 1. The van der Waals surface area contributed by atoms with Gasteiger partial charge in [-0.1, -0.05) is 6.42 Å². The maximum Gasteiger partial charge on any atom is 0.104 e. The van der Waals surface area contributed by atoms with Gasteiger partial charge in [-0.25, -0.2) is 0 Å². The summed E-state index contributed by atoms with van der Waals surface area (Å²) in [6.07, 6.45) is 4.05. The van der Waals surface area contributed by atoms with Crippen LogP contribution >= 0.6 is 0 Å². The SMILES string of the molecule is Cc1ccc(C[C@@H]2CCC[C@H]2O)o1. The van der Waals surface area contributed by atoms with E-state index in [9.17, 15) is 5.11 Å². The molecule has 0 unspecified atom stereocenters. The summed E-state index contributed by atoms with van der Waals surface area (Å²) in [5, 5.41) is 9.62. The number of aliphatic hydroxyl groups excluding tert-OH is 1. The average molecular weight is 180 g/mol. The van der Waals surface area contributed by atoms with E-state index in [4.69, 9.17) is 4.42 Å². The first-order chi connectivity index (χ1) is 6.25. The fourth-order valence-electron chi connectivity index (χ4n) is 2.11. The van der Waals surface area contributed by atoms with Crippen molar-refractivity contribution in [2.45, 2.75) is 38.7 Å². The van der Waals surface area contributed by atoms with Crippen LogP contribution in [0.25, 0.3) is 0 Å². The number of aliphatic hydroxyl groups is 1. The van der Waals surface area contributed by atoms with Gasteiger partial charge in [-0.3, -0.25) is 0 Å². The molecule has 0 radical (unpaired) electrons. The van der Waals surface area contributed by atoms with Crippen molar-refractivity contribution in [2.75, 3.05) is 0 Å². The van der Waals surface area contributed by atoms with E-state index in [-0.39, 0.29) is 6.10 Å². The Morgan fingerprint density at radius 1 is 1.46 bits per heavy atom. The Labute approximate surface area is 78.6 Å². The Hall–Kier alpha value is -0.760. The highest BCUT2D eigenvalue weighted by atomic mass is 16.3. The quantitative estimate of drug-likeness (QED) is 0.757. The first kappa shape index (κ1) is 8.82. The molecular weight excluding hydrogens is 164 g/mol. The fourth-order valence-corrected chi connectivity index (χ4v) is 2.11. The van der Waals surface area contributed by atoms with Gasteiger partial charge < -0.3 is 9.52 Å². The van der Waals surface area contributed by atoms with Crippen LogP contribution in [0.2, 0.25) is 0 Å². The van der Waals surface area contributed by atoms with Crippen LogP contribution in [0.1, 0.15) is 30.8 Å². The molecule has 0 spiro atoms. The normalized spacial score (nSPS) is 28.2. The maximum absolute atomic E-state index is 9.62. The summed E-state index contributed by atoms with van der Waals surface area (Å²) in [6, 6.07) is 4.00. The van der Waals surface area contributed by atoms with Gasteiger partial charge in [0.15, 0.2) is 0 Å². The summed E-state index contributed by atoms with van der Waals surface area (Å²) in [4.78, 5) is 0. The van der Waals surface area contributed by atoms with Crippen LogP contribution in [0.4, 0.5) is 0 Å². The second-order valence-corrected chi connectivity index (χ2v) is 3.97. The highest BCUT2D eigenvalue weighted by molar-refractivity contribution is 5.06. The minimum Gasteiger partial charge on any atom is -0.466 e. The van der Waals surface area contributed by atoms with Crippen LogP contribution in [0.5, 0.6) is 0 Å². The largest absolute Gasteiger partial charge is 0.466 e. The second kappa shape index (κ2) is 3.54. The molecule has 2 atom stereocenters. The fraction of sp³-hybridized carbons (Fsp3) is 0.636. The van der Waals surface area contributed by atoms with Crippen molar-refractivity contribution in [3.05, 3.63) is 23.7 Å². The zero-order chi connectivity index (χ0) is 9.26. The maximum atomic E-state index is 9.62. The molecule has 72 valence electrons. The molecular formula is C11H16O2. The van der Waals surface area contributed by atoms with Gasteiger partial charge in [0, 0.05) is 6.42 Å². The molecule has 1 aliphatic rings. The van der Waals surface area contributed by atoms with Crippen LogP contribution in [0.15, 0.2) is 16.5 Å². The molecule has 1 N–H and O–H groups in total. The smallest absolute Gasteiger partial charge is 0.104 e. The van der Waals surface area contributed by atoms with Crippen molar-refractivity contribution in [3.63, 3.8) is 0 Å². The first-order valence-corrected chi connectivity index (χ1v) is 4.99. The lowest BCUT2D eigenvalue weighted by Crippen LogP contribution is -2.15. The molecule has 1 aliphatic carbocycles. The van der Waals surface area contributed by atoms with E-state index < -0.39 is 0 Å². The highest BCUT2D eigenvalue weighted by Gasteiger charge is 2.25. The van der Waals surface area contributed by atoms with Crippen LogP contribution in [0.3, 0.4) is 0 Å². The monoisotopic (exact) mass is 180 g/mol. The molecule has 0 aliphatic heterocycles. The number of hydrogen-bond acceptors (Lipinski definition) is 2. The molecule has 0 amide bonds. The lowest BCUT2D eigenvalue weighted by molar-refractivity contribution is 0.129. The Kier molecular flexibility index (Phi) is 2.40. The standard InChI is InChI=1S/C11H16O2/c1-8-5-6-10(13-8)7-9-3-2-4-11(9)12/h5-6,9,11-12H,2-4,7H2,1H3/t9-,11+/m0/s1. The average Bonchev–Trinajstić information content (AvgIpc) is 2.64. The predicted molar refractivity (Wildman–Crippen MR) is 50.5 cm³/mol. The highest BCUT2D eigenvalue weighted by Crippen LogP contribution is 2.28. The van der Waals surface area contributed by atoms with Crippen molar-refractivity contribution >= 4 is 0 Å². The molecule has 1 aromatic rings. The van der Waals surface area contributed by atoms with E-state index in [0.29, 0.717) is 5.92 Å². The Bertz CT molecular complexity index is 277. The van der Waals surface area contributed by atoms with Gasteiger partial charge in [-0.05, 0) is 37.8 Å². The summed E-state index contributed by atoms with van der Waals surface area (Å²) in [6.45, 7) is 1.95. The molecule has 1 fully saturated rings. The van der Waals surface area contributed by atoms with Gasteiger partial charge in [0.1, 0.15) is 11.5 Å². The molecule has 2 nitrogen and oxygen atoms in total. The summed E-state index contributed by atoms with van der Waals surface area (Å²) < 4.78 is 5.48. The van der Waals surface area contributed by atoms with E-state index in [0.717, 1.165) is 37.2 Å². The Balaban J connectivity index is 1.97. The van der Waals surface area contributed by atoms with Crippen LogP contribution in [-0.2, 0) is 6.42 Å². The number of furan rings is 1. The molecule has 2 heteroatoms. The number of hydrogen-bond donors (Lipinski definition) is 1. The molecule has 0 saturated heterocycles. The summed E-state index contributed by atoms with van der Waals surface area (Å²) >= 11 is 0. The van der Waals surface area contributed by atoms with Crippen LogP contribution in [-0.4, -0.2) is 11.2 Å². The second-order valence-electron chi connectivity index (χ2n) is 3.97. The van der Waals surface area contributed by atoms with E-state index in [1.165, 1.54) is 0 Å². The number of rotatable bonds is 2. The van der Waals surface area contributed by atoms with Crippen LogP contribution in [0, 0.1) is 12.8 Å². The molecule has 13 heavy (non-hydrogen) atoms. The van der Waals surface area contributed by atoms with Gasteiger partial charge in [0.2, 0.25) is 0 Å². The third kappa shape index (κ3) is 1.94.